The maximum absolute atomic E-state index is 14.4. The molecule has 1 amide bonds. The van der Waals surface area contributed by atoms with Gasteiger partial charge in [0.2, 0.25) is 0 Å². The third kappa shape index (κ3) is 5.02. The summed E-state index contributed by atoms with van der Waals surface area (Å²) in [7, 11) is 3.55. The number of nitro benzene ring substituents is 1. The zero-order valence-electron chi connectivity index (χ0n) is 16.1. The van der Waals surface area contributed by atoms with Gasteiger partial charge in [-0.3, -0.25) is 14.9 Å². The van der Waals surface area contributed by atoms with Crippen LogP contribution in [0.4, 0.5) is 15.8 Å². The highest BCUT2D eigenvalue weighted by Crippen LogP contribution is 2.31. The average molecular weight is 421 g/mol. The predicted octanol–water partition coefficient (Wildman–Crippen LogP) is 3.99. The molecule has 0 radical (unpaired) electrons. The van der Waals surface area contributed by atoms with Crippen molar-refractivity contribution in [1.29, 1.82) is 0 Å². The molecule has 0 spiro atoms. The third-order valence-corrected chi connectivity index (χ3v) is 5.14. The molecule has 0 saturated heterocycles. The van der Waals surface area contributed by atoms with Crippen molar-refractivity contribution in [3.05, 3.63) is 68.5 Å². The van der Waals surface area contributed by atoms with Crippen LogP contribution < -0.4 is 10.6 Å². The minimum atomic E-state index is -0.545. The first kappa shape index (κ1) is 21.0. The van der Waals surface area contributed by atoms with Crippen molar-refractivity contribution in [2.24, 2.45) is 0 Å². The predicted molar refractivity (Wildman–Crippen MR) is 110 cm³/mol. The van der Waals surface area contributed by atoms with Gasteiger partial charge in [-0.05, 0) is 51.2 Å². The van der Waals surface area contributed by atoms with Gasteiger partial charge in [0.25, 0.3) is 11.6 Å². The van der Waals surface area contributed by atoms with Crippen LogP contribution in [-0.2, 0) is 0 Å². The molecule has 1 unspecified atom stereocenters. The van der Waals surface area contributed by atoms with Gasteiger partial charge in [0.05, 0.1) is 11.0 Å². The van der Waals surface area contributed by atoms with Crippen molar-refractivity contribution < 1.29 is 14.1 Å². The van der Waals surface area contributed by atoms with Crippen molar-refractivity contribution in [3.8, 4) is 0 Å². The van der Waals surface area contributed by atoms with E-state index in [2.05, 4.69) is 10.6 Å². The molecular formula is C20H22ClFN4O3. The molecule has 1 atom stereocenters. The lowest BCUT2D eigenvalue weighted by molar-refractivity contribution is -0.384. The maximum Gasteiger partial charge on any atom is 0.293 e. The Morgan fingerprint density at radius 1 is 1.34 bits per heavy atom. The molecule has 9 heteroatoms. The number of rotatable bonds is 8. The Morgan fingerprint density at radius 2 is 2.07 bits per heavy atom. The van der Waals surface area contributed by atoms with E-state index in [4.69, 9.17) is 11.6 Å². The molecule has 154 valence electrons. The fourth-order valence-corrected chi connectivity index (χ4v) is 3.34. The first-order valence-corrected chi connectivity index (χ1v) is 9.59. The number of benzene rings is 2. The zero-order valence-corrected chi connectivity index (χ0v) is 16.9. The summed E-state index contributed by atoms with van der Waals surface area (Å²) in [5, 5.41) is 17.6. The maximum atomic E-state index is 14.4. The summed E-state index contributed by atoms with van der Waals surface area (Å²) in [5.41, 5.74) is 0.577. The van der Waals surface area contributed by atoms with E-state index in [1.807, 2.05) is 0 Å². The molecular weight excluding hydrogens is 399 g/mol. The van der Waals surface area contributed by atoms with Crippen molar-refractivity contribution in [2.45, 2.75) is 24.9 Å². The van der Waals surface area contributed by atoms with Crippen LogP contribution in [0.2, 0.25) is 5.02 Å². The van der Waals surface area contributed by atoms with E-state index >= 15 is 0 Å². The first-order chi connectivity index (χ1) is 13.8. The standard InChI is InChI=1S/C20H22ClFN4O3/c1-25(2)18(19-14(21)4-3-5-15(19)22)11-23-16-9-6-12(10-17(16)26(28)29)20(27)24-13-7-8-13/h3-6,9-10,13,18,23H,7-8,11H2,1-2H3,(H,24,27). The van der Waals surface area contributed by atoms with Gasteiger partial charge in [-0.25, -0.2) is 4.39 Å². The van der Waals surface area contributed by atoms with E-state index in [9.17, 15) is 19.3 Å². The number of nitrogens with zero attached hydrogens (tertiary/aromatic N) is 2. The molecule has 0 heterocycles. The van der Waals surface area contributed by atoms with Gasteiger partial charge in [0.15, 0.2) is 0 Å². The van der Waals surface area contributed by atoms with Gasteiger partial charge in [0, 0.05) is 34.8 Å². The zero-order chi connectivity index (χ0) is 21.1. The lowest BCUT2D eigenvalue weighted by Gasteiger charge is -2.26. The van der Waals surface area contributed by atoms with Gasteiger partial charge < -0.3 is 15.5 Å². The summed E-state index contributed by atoms with van der Waals surface area (Å²) < 4.78 is 14.4. The summed E-state index contributed by atoms with van der Waals surface area (Å²) in [6.45, 7) is 0.183. The van der Waals surface area contributed by atoms with Crippen LogP contribution in [0.1, 0.15) is 34.8 Å². The number of nitrogens with one attached hydrogen (secondary N) is 2. The van der Waals surface area contributed by atoms with Crippen molar-refractivity contribution in [3.63, 3.8) is 0 Å². The van der Waals surface area contributed by atoms with Crippen molar-refractivity contribution in [2.75, 3.05) is 26.0 Å². The topological polar surface area (TPSA) is 87.5 Å². The summed E-state index contributed by atoms with van der Waals surface area (Å²) in [6, 6.07) is 8.44. The minimum Gasteiger partial charge on any atom is -0.378 e. The number of halogens is 2. The molecule has 3 rings (SSSR count). The van der Waals surface area contributed by atoms with E-state index in [1.165, 1.54) is 30.3 Å². The van der Waals surface area contributed by atoms with Gasteiger partial charge in [-0.1, -0.05) is 17.7 Å². The summed E-state index contributed by atoms with van der Waals surface area (Å²) >= 11 is 6.19. The Morgan fingerprint density at radius 3 is 2.66 bits per heavy atom. The minimum absolute atomic E-state index is 0.158. The Bertz CT molecular complexity index is 914. The average Bonchev–Trinajstić information content (AvgIpc) is 3.47. The Balaban J connectivity index is 1.82. The smallest absolute Gasteiger partial charge is 0.293 e. The highest BCUT2D eigenvalue weighted by Gasteiger charge is 2.26. The normalized spacial score (nSPS) is 14.5. The lowest BCUT2D eigenvalue weighted by atomic mass is 10.0. The molecule has 1 saturated carbocycles. The first-order valence-electron chi connectivity index (χ1n) is 9.21. The Hall–Kier alpha value is -2.71. The monoisotopic (exact) mass is 420 g/mol. The van der Waals surface area contributed by atoms with E-state index < -0.39 is 16.8 Å². The molecule has 2 N–H and O–H groups in total. The second-order valence-electron chi connectivity index (χ2n) is 7.23. The largest absolute Gasteiger partial charge is 0.378 e. The SMILES string of the molecule is CN(C)C(CNc1ccc(C(=O)NC2CC2)cc1[N+](=O)[O-])c1c(F)cccc1Cl. The number of likely N-dealkylation sites (N-methyl/N-ethyl adjacent to an activating group) is 1. The third-order valence-electron chi connectivity index (χ3n) is 4.81. The summed E-state index contributed by atoms with van der Waals surface area (Å²) in [6.07, 6.45) is 1.86. The van der Waals surface area contributed by atoms with Crippen LogP contribution in [0.3, 0.4) is 0 Å². The number of hydrogen-bond acceptors (Lipinski definition) is 5. The van der Waals surface area contributed by atoms with Gasteiger partial charge in [-0.2, -0.15) is 0 Å². The van der Waals surface area contributed by atoms with Gasteiger partial charge in [-0.15, -0.1) is 0 Å². The van der Waals surface area contributed by atoms with Gasteiger partial charge in [0.1, 0.15) is 11.5 Å². The second-order valence-corrected chi connectivity index (χ2v) is 7.64. The highest BCUT2D eigenvalue weighted by atomic mass is 35.5. The fraction of sp³-hybridized carbons (Fsp3) is 0.350. The molecule has 1 aliphatic carbocycles. The van der Waals surface area contributed by atoms with Crippen LogP contribution >= 0.6 is 11.6 Å². The van der Waals surface area contributed by atoms with Crippen LogP contribution in [0.15, 0.2) is 36.4 Å². The van der Waals surface area contributed by atoms with Crippen LogP contribution in [-0.4, -0.2) is 42.4 Å². The summed E-state index contributed by atoms with van der Waals surface area (Å²) in [4.78, 5) is 24.9. The second kappa shape index (κ2) is 8.75. The number of carbonyl (C=O) groups is 1. The molecule has 0 aliphatic heterocycles. The van der Waals surface area contributed by atoms with Crippen molar-refractivity contribution in [1.82, 2.24) is 10.2 Å². The quantitative estimate of drug-likeness (QED) is 0.498. The van der Waals surface area contributed by atoms with E-state index in [0.717, 1.165) is 12.8 Å². The van der Waals surface area contributed by atoms with Crippen LogP contribution in [0.25, 0.3) is 0 Å². The van der Waals surface area contributed by atoms with E-state index in [-0.39, 0.29) is 40.5 Å². The highest BCUT2D eigenvalue weighted by molar-refractivity contribution is 6.31. The molecule has 29 heavy (non-hydrogen) atoms. The molecule has 2 aromatic rings. The molecule has 1 aliphatic rings. The molecule has 7 nitrogen and oxygen atoms in total. The Labute approximate surface area is 173 Å². The number of amides is 1. The molecule has 0 bridgehead atoms. The molecule has 0 aromatic heterocycles. The Kier molecular flexibility index (Phi) is 6.34. The van der Waals surface area contributed by atoms with Gasteiger partial charge >= 0.3 is 0 Å². The number of hydrogen-bond donors (Lipinski definition) is 2. The number of nitro groups is 1. The number of carbonyl (C=O) groups excluding carboxylic acids is 1. The fourth-order valence-electron chi connectivity index (χ4n) is 3.05. The lowest BCUT2D eigenvalue weighted by Crippen LogP contribution is -2.28. The van der Waals surface area contributed by atoms with Crippen LogP contribution in [0.5, 0.6) is 0 Å². The molecule has 2 aromatic carbocycles. The number of anilines is 1. The summed E-state index contributed by atoms with van der Waals surface area (Å²) in [5.74, 6) is -0.772. The van der Waals surface area contributed by atoms with E-state index in [0.29, 0.717) is 5.56 Å². The van der Waals surface area contributed by atoms with E-state index in [1.54, 1.807) is 25.1 Å². The van der Waals surface area contributed by atoms with Crippen molar-refractivity contribution >= 4 is 28.9 Å². The van der Waals surface area contributed by atoms with Crippen LogP contribution in [0, 0.1) is 15.9 Å². The molecule has 1 fully saturated rings.